The molecule has 0 rings (SSSR count). The number of allylic oxidation sites excluding steroid dienone is 3. The summed E-state index contributed by atoms with van der Waals surface area (Å²) in [5, 5.41) is 0. The van der Waals surface area contributed by atoms with E-state index in [9.17, 15) is 0 Å². The summed E-state index contributed by atoms with van der Waals surface area (Å²) in [6.07, 6.45) is 8.38. The van der Waals surface area contributed by atoms with Gasteiger partial charge in [0.1, 0.15) is 0 Å². The highest BCUT2D eigenvalue weighted by atomic mass is 14.5. The van der Waals surface area contributed by atoms with Crippen molar-refractivity contribution in [1.29, 1.82) is 0 Å². The van der Waals surface area contributed by atoms with E-state index in [0.29, 0.717) is 0 Å². The van der Waals surface area contributed by atoms with Gasteiger partial charge < -0.3 is 5.73 Å². The van der Waals surface area contributed by atoms with E-state index in [0.717, 1.165) is 6.42 Å². The summed E-state index contributed by atoms with van der Waals surface area (Å²) in [5.41, 5.74) is 5.04. The van der Waals surface area contributed by atoms with Gasteiger partial charge in [-0.3, -0.25) is 0 Å². The summed E-state index contributed by atoms with van der Waals surface area (Å²) >= 11 is 0. The summed E-state index contributed by atoms with van der Waals surface area (Å²) in [5.74, 6) is 0. The zero-order valence-electron chi connectivity index (χ0n) is 4.59. The molecule has 0 aliphatic carbocycles. The van der Waals surface area contributed by atoms with E-state index >= 15 is 0 Å². The molecule has 0 aromatic rings. The molecule has 2 N–H and O–H groups in total. The Morgan fingerprint density at radius 1 is 1.43 bits per heavy atom. The molecule has 0 bridgehead atoms. The Bertz CT molecular complexity index is 72.2. The summed E-state index contributed by atoms with van der Waals surface area (Å²) in [6.45, 7) is 2.08. The minimum atomic E-state index is 1.07. The molecule has 0 unspecified atom stereocenters. The van der Waals surface area contributed by atoms with Crippen molar-refractivity contribution in [3.8, 4) is 0 Å². The van der Waals surface area contributed by atoms with Crippen molar-refractivity contribution in [2.24, 2.45) is 5.73 Å². The van der Waals surface area contributed by atoms with Gasteiger partial charge in [0.05, 0.1) is 0 Å². The van der Waals surface area contributed by atoms with E-state index in [1.54, 1.807) is 0 Å². The van der Waals surface area contributed by atoms with Gasteiger partial charge in [-0.25, -0.2) is 0 Å². The second-order valence-corrected chi connectivity index (χ2v) is 1.22. The molecule has 40 valence electrons. The fourth-order valence-electron chi connectivity index (χ4n) is 0.279. The first-order valence-corrected chi connectivity index (χ1v) is 2.45. The third-order valence-electron chi connectivity index (χ3n) is 0.594. The first kappa shape index (κ1) is 6.28. The van der Waals surface area contributed by atoms with E-state index in [2.05, 4.69) is 6.92 Å². The minimum Gasteiger partial charge on any atom is -0.405 e. The van der Waals surface area contributed by atoms with E-state index in [-0.39, 0.29) is 0 Å². The Labute approximate surface area is 44.5 Å². The average molecular weight is 97.2 g/mol. The van der Waals surface area contributed by atoms with Crippen LogP contribution < -0.4 is 5.73 Å². The van der Waals surface area contributed by atoms with Crippen LogP contribution in [0.5, 0.6) is 0 Å². The lowest BCUT2D eigenvalue weighted by Gasteiger charge is -1.70. The third-order valence-corrected chi connectivity index (χ3v) is 0.594. The maximum Gasteiger partial charge on any atom is -0.00625 e. The lowest BCUT2D eigenvalue weighted by Crippen LogP contribution is -1.71. The smallest absolute Gasteiger partial charge is 0.00625 e. The second-order valence-electron chi connectivity index (χ2n) is 1.22. The molecule has 0 spiro atoms. The van der Waals surface area contributed by atoms with Crippen molar-refractivity contribution in [1.82, 2.24) is 0 Å². The van der Waals surface area contributed by atoms with Crippen LogP contribution in [0.3, 0.4) is 0 Å². The Morgan fingerprint density at radius 2 is 2.14 bits per heavy atom. The molecule has 0 aliphatic rings. The molecule has 0 amide bonds. The van der Waals surface area contributed by atoms with Gasteiger partial charge in [-0.15, -0.1) is 0 Å². The Balaban J connectivity index is 3.09. The standard InChI is InChI=1S/C6H11N/c1-2-3-4-5-6-7/h3-6H,2,7H2,1H3. The lowest BCUT2D eigenvalue weighted by molar-refractivity contribution is 1.22. The van der Waals surface area contributed by atoms with Crippen LogP contribution in [0.25, 0.3) is 0 Å². The first-order valence-electron chi connectivity index (χ1n) is 2.45. The van der Waals surface area contributed by atoms with Gasteiger partial charge in [0, 0.05) is 0 Å². The first-order chi connectivity index (χ1) is 3.41. The zero-order chi connectivity index (χ0) is 5.54. The maximum absolute atomic E-state index is 5.04. The molecule has 0 aromatic heterocycles. The van der Waals surface area contributed by atoms with E-state index in [4.69, 9.17) is 5.73 Å². The molecule has 1 nitrogen and oxygen atoms in total. The van der Waals surface area contributed by atoms with Crippen LogP contribution in [0.1, 0.15) is 13.3 Å². The number of hydrogen-bond acceptors (Lipinski definition) is 1. The number of rotatable bonds is 2. The van der Waals surface area contributed by atoms with Crippen LogP contribution in [0.15, 0.2) is 24.4 Å². The topological polar surface area (TPSA) is 26.0 Å². The van der Waals surface area contributed by atoms with Gasteiger partial charge >= 0.3 is 0 Å². The average Bonchev–Trinajstić information content (AvgIpc) is 1.69. The summed E-state index contributed by atoms with van der Waals surface area (Å²) < 4.78 is 0. The molecular formula is C6H11N. The molecule has 0 saturated heterocycles. The number of nitrogens with two attached hydrogens (primary N) is 1. The van der Waals surface area contributed by atoms with E-state index < -0.39 is 0 Å². The quantitative estimate of drug-likeness (QED) is 0.518. The molecule has 0 aliphatic heterocycles. The highest BCUT2D eigenvalue weighted by molar-refractivity contribution is 4.99. The largest absolute Gasteiger partial charge is 0.405 e. The monoisotopic (exact) mass is 97.1 g/mol. The molecule has 0 radical (unpaired) electrons. The van der Waals surface area contributed by atoms with Gasteiger partial charge in [-0.1, -0.05) is 19.1 Å². The van der Waals surface area contributed by atoms with Crippen molar-refractivity contribution < 1.29 is 0 Å². The minimum absolute atomic E-state index is 1.07. The summed E-state index contributed by atoms with van der Waals surface area (Å²) in [6, 6.07) is 0. The lowest BCUT2D eigenvalue weighted by atomic mass is 10.4. The molecular weight excluding hydrogens is 86.1 g/mol. The predicted octanol–water partition coefficient (Wildman–Crippen LogP) is 1.43. The van der Waals surface area contributed by atoms with Crippen molar-refractivity contribution in [2.75, 3.05) is 0 Å². The molecule has 1 heteroatoms. The van der Waals surface area contributed by atoms with Crippen LogP contribution in [0, 0.1) is 0 Å². The summed E-state index contributed by atoms with van der Waals surface area (Å²) in [7, 11) is 0. The fourth-order valence-corrected chi connectivity index (χ4v) is 0.279. The highest BCUT2D eigenvalue weighted by Crippen LogP contribution is 1.77. The predicted molar refractivity (Wildman–Crippen MR) is 32.8 cm³/mol. The van der Waals surface area contributed by atoms with Crippen LogP contribution in [0.4, 0.5) is 0 Å². The zero-order valence-corrected chi connectivity index (χ0v) is 4.59. The fraction of sp³-hybridized carbons (Fsp3) is 0.333. The van der Waals surface area contributed by atoms with Gasteiger partial charge in [0.2, 0.25) is 0 Å². The van der Waals surface area contributed by atoms with Crippen LogP contribution >= 0.6 is 0 Å². The van der Waals surface area contributed by atoms with Crippen LogP contribution in [0.2, 0.25) is 0 Å². The molecule has 7 heavy (non-hydrogen) atoms. The molecule has 0 atom stereocenters. The van der Waals surface area contributed by atoms with Gasteiger partial charge in [0.25, 0.3) is 0 Å². The maximum atomic E-state index is 5.04. The molecule has 0 fully saturated rings. The SMILES string of the molecule is CCC=CC=CN. The Hall–Kier alpha value is -0.720. The van der Waals surface area contributed by atoms with Crippen LogP contribution in [-0.2, 0) is 0 Å². The van der Waals surface area contributed by atoms with Crippen molar-refractivity contribution in [2.45, 2.75) is 13.3 Å². The van der Waals surface area contributed by atoms with E-state index in [1.807, 2.05) is 18.2 Å². The van der Waals surface area contributed by atoms with Crippen molar-refractivity contribution >= 4 is 0 Å². The van der Waals surface area contributed by atoms with Crippen molar-refractivity contribution in [3.63, 3.8) is 0 Å². The number of hydrogen-bond donors (Lipinski definition) is 1. The summed E-state index contributed by atoms with van der Waals surface area (Å²) in [4.78, 5) is 0. The van der Waals surface area contributed by atoms with Crippen LogP contribution in [-0.4, -0.2) is 0 Å². The Morgan fingerprint density at radius 3 is 2.57 bits per heavy atom. The van der Waals surface area contributed by atoms with Crippen molar-refractivity contribution in [3.05, 3.63) is 24.4 Å². The molecule has 0 heterocycles. The molecule has 0 saturated carbocycles. The Kier molecular flexibility index (Phi) is 4.74. The highest BCUT2D eigenvalue weighted by Gasteiger charge is 1.57. The molecule has 0 aromatic carbocycles. The third kappa shape index (κ3) is 5.28. The van der Waals surface area contributed by atoms with Gasteiger partial charge in [0.15, 0.2) is 0 Å². The van der Waals surface area contributed by atoms with Gasteiger partial charge in [-0.05, 0) is 18.7 Å². The van der Waals surface area contributed by atoms with E-state index in [1.165, 1.54) is 6.20 Å². The normalized spacial score (nSPS) is 11.6. The van der Waals surface area contributed by atoms with Gasteiger partial charge in [-0.2, -0.15) is 0 Å². The second kappa shape index (κ2) is 5.28.